The summed E-state index contributed by atoms with van der Waals surface area (Å²) in [6, 6.07) is 20.7. The van der Waals surface area contributed by atoms with Crippen molar-refractivity contribution >= 4 is 23.5 Å². The summed E-state index contributed by atoms with van der Waals surface area (Å²) in [4.78, 5) is 36.6. The van der Waals surface area contributed by atoms with Crippen LogP contribution in [-0.4, -0.2) is 24.4 Å². The van der Waals surface area contributed by atoms with Crippen LogP contribution in [-0.2, 0) is 16.1 Å². The lowest BCUT2D eigenvalue weighted by molar-refractivity contribution is -0.119. The van der Waals surface area contributed by atoms with Gasteiger partial charge in [-0.3, -0.25) is 9.59 Å². The minimum absolute atomic E-state index is 0.130. The molecule has 0 saturated carbocycles. The van der Waals surface area contributed by atoms with Crippen LogP contribution in [0.4, 0.5) is 10.1 Å². The van der Waals surface area contributed by atoms with Crippen LogP contribution < -0.4 is 10.6 Å². The number of ether oxygens (including phenoxy) is 1. The Morgan fingerprint density at radius 2 is 1.50 bits per heavy atom. The van der Waals surface area contributed by atoms with E-state index < -0.39 is 24.3 Å². The number of hydrogen-bond acceptors (Lipinski definition) is 4. The van der Waals surface area contributed by atoms with Gasteiger partial charge in [-0.05, 0) is 42.0 Å². The number of anilines is 1. The highest BCUT2D eigenvalue weighted by molar-refractivity contribution is 6.04. The van der Waals surface area contributed by atoms with E-state index in [1.807, 2.05) is 30.3 Å². The summed E-state index contributed by atoms with van der Waals surface area (Å²) in [7, 11) is 0. The Hall–Kier alpha value is -4.00. The maximum atomic E-state index is 12.9. The fraction of sp³-hybridized carbons (Fsp3) is 0.0870. The Morgan fingerprint density at radius 1 is 0.833 bits per heavy atom. The van der Waals surface area contributed by atoms with Crippen molar-refractivity contribution < 1.29 is 23.5 Å². The number of carbonyl (C=O) groups excluding carboxylic acids is 3. The van der Waals surface area contributed by atoms with Crippen molar-refractivity contribution in [1.29, 1.82) is 0 Å². The molecule has 0 spiro atoms. The van der Waals surface area contributed by atoms with Gasteiger partial charge in [-0.2, -0.15) is 0 Å². The van der Waals surface area contributed by atoms with Crippen LogP contribution in [0, 0.1) is 5.82 Å². The van der Waals surface area contributed by atoms with Gasteiger partial charge in [0.05, 0.1) is 16.8 Å². The Balaban J connectivity index is 1.57. The second-order valence-electron chi connectivity index (χ2n) is 6.35. The van der Waals surface area contributed by atoms with Crippen LogP contribution in [0.15, 0.2) is 78.9 Å². The van der Waals surface area contributed by atoms with Crippen LogP contribution in [0.5, 0.6) is 0 Å². The molecule has 30 heavy (non-hydrogen) atoms. The summed E-state index contributed by atoms with van der Waals surface area (Å²) >= 11 is 0. The molecule has 0 aliphatic heterocycles. The van der Waals surface area contributed by atoms with E-state index in [1.54, 1.807) is 24.3 Å². The molecule has 3 aromatic carbocycles. The lowest BCUT2D eigenvalue weighted by atomic mass is 10.1. The van der Waals surface area contributed by atoms with E-state index in [1.165, 1.54) is 12.1 Å². The summed E-state index contributed by atoms with van der Waals surface area (Å²) in [6.45, 7) is -0.201. The zero-order valence-corrected chi connectivity index (χ0v) is 15.9. The lowest BCUT2D eigenvalue weighted by Crippen LogP contribution is -2.26. The van der Waals surface area contributed by atoms with Crippen molar-refractivity contribution in [2.24, 2.45) is 0 Å². The largest absolute Gasteiger partial charge is 0.452 e. The third kappa shape index (κ3) is 5.75. The highest BCUT2D eigenvalue weighted by atomic mass is 19.1. The number of benzene rings is 3. The van der Waals surface area contributed by atoms with Crippen LogP contribution in [0.1, 0.15) is 26.3 Å². The number of para-hydroxylation sites is 1. The summed E-state index contributed by atoms with van der Waals surface area (Å²) in [5, 5.41) is 5.37. The standard InChI is InChI=1S/C23H19FN2O4/c24-18-12-10-17(11-13-18)23(29)30-15-21(27)26-20-9-5-4-8-19(20)22(28)25-14-16-6-2-1-3-7-16/h1-13H,14-15H2,(H,25,28)(H,26,27). The first-order valence-electron chi connectivity index (χ1n) is 9.16. The van der Waals surface area contributed by atoms with Gasteiger partial charge in [0.25, 0.3) is 11.8 Å². The molecule has 2 amide bonds. The van der Waals surface area contributed by atoms with Crippen LogP contribution in [0.2, 0.25) is 0 Å². The fourth-order valence-electron chi connectivity index (χ4n) is 2.65. The van der Waals surface area contributed by atoms with Gasteiger partial charge in [0, 0.05) is 6.54 Å². The molecule has 0 unspecified atom stereocenters. The molecule has 6 nitrogen and oxygen atoms in total. The number of rotatable bonds is 7. The number of halogens is 1. The topological polar surface area (TPSA) is 84.5 Å². The van der Waals surface area contributed by atoms with E-state index in [0.29, 0.717) is 12.2 Å². The van der Waals surface area contributed by atoms with E-state index in [4.69, 9.17) is 4.74 Å². The Kier molecular flexibility index (Phi) is 6.89. The molecule has 0 bridgehead atoms. The Bertz CT molecular complexity index is 1040. The van der Waals surface area contributed by atoms with E-state index in [0.717, 1.165) is 17.7 Å². The third-order valence-electron chi connectivity index (χ3n) is 4.16. The quantitative estimate of drug-likeness (QED) is 0.588. The van der Waals surface area contributed by atoms with Gasteiger partial charge in [0.1, 0.15) is 5.82 Å². The maximum Gasteiger partial charge on any atom is 0.338 e. The number of nitrogens with one attached hydrogen (secondary N) is 2. The lowest BCUT2D eigenvalue weighted by Gasteiger charge is -2.12. The zero-order valence-electron chi connectivity index (χ0n) is 15.9. The van der Waals surface area contributed by atoms with Crippen molar-refractivity contribution in [1.82, 2.24) is 5.32 Å². The molecule has 7 heteroatoms. The second kappa shape index (κ2) is 9.97. The van der Waals surface area contributed by atoms with Crippen molar-refractivity contribution in [3.63, 3.8) is 0 Å². The number of esters is 1. The molecule has 3 rings (SSSR count). The molecule has 0 heterocycles. The smallest absolute Gasteiger partial charge is 0.338 e. The SMILES string of the molecule is O=C(COC(=O)c1ccc(F)cc1)Nc1ccccc1C(=O)NCc1ccccc1. The number of amides is 2. The maximum absolute atomic E-state index is 12.9. The molecule has 152 valence electrons. The molecule has 0 fully saturated rings. The Morgan fingerprint density at radius 3 is 2.23 bits per heavy atom. The molecule has 0 aromatic heterocycles. The summed E-state index contributed by atoms with van der Waals surface area (Å²) in [6.07, 6.45) is 0. The number of carbonyl (C=O) groups is 3. The van der Waals surface area contributed by atoms with Crippen molar-refractivity contribution in [2.75, 3.05) is 11.9 Å². The first kappa shape index (κ1) is 20.7. The van der Waals surface area contributed by atoms with Gasteiger partial charge in [-0.25, -0.2) is 9.18 Å². The normalized spacial score (nSPS) is 10.2. The van der Waals surface area contributed by atoms with Gasteiger partial charge < -0.3 is 15.4 Å². The van der Waals surface area contributed by atoms with Crippen LogP contribution >= 0.6 is 0 Å². The van der Waals surface area contributed by atoms with Crippen molar-refractivity contribution in [2.45, 2.75) is 6.54 Å². The van der Waals surface area contributed by atoms with Crippen LogP contribution in [0.3, 0.4) is 0 Å². The molecule has 3 aromatic rings. The van der Waals surface area contributed by atoms with E-state index in [9.17, 15) is 18.8 Å². The van der Waals surface area contributed by atoms with Gasteiger partial charge in [-0.1, -0.05) is 42.5 Å². The third-order valence-corrected chi connectivity index (χ3v) is 4.16. The van der Waals surface area contributed by atoms with Crippen LogP contribution in [0.25, 0.3) is 0 Å². The molecule has 0 radical (unpaired) electrons. The molecular formula is C23H19FN2O4. The average molecular weight is 406 g/mol. The zero-order chi connectivity index (χ0) is 21.3. The molecular weight excluding hydrogens is 387 g/mol. The monoisotopic (exact) mass is 406 g/mol. The van der Waals surface area contributed by atoms with Gasteiger partial charge in [-0.15, -0.1) is 0 Å². The average Bonchev–Trinajstić information content (AvgIpc) is 2.77. The van der Waals surface area contributed by atoms with Crippen molar-refractivity contribution in [3.8, 4) is 0 Å². The first-order chi connectivity index (χ1) is 14.5. The predicted molar refractivity (Wildman–Crippen MR) is 109 cm³/mol. The summed E-state index contributed by atoms with van der Waals surface area (Å²) in [5.41, 5.74) is 1.66. The van der Waals surface area contributed by atoms with Gasteiger partial charge >= 0.3 is 5.97 Å². The first-order valence-corrected chi connectivity index (χ1v) is 9.16. The molecule has 0 atom stereocenters. The molecule has 0 saturated heterocycles. The minimum Gasteiger partial charge on any atom is -0.452 e. The fourth-order valence-corrected chi connectivity index (χ4v) is 2.65. The molecule has 2 N–H and O–H groups in total. The summed E-state index contributed by atoms with van der Waals surface area (Å²) < 4.78 is 17.8. The highest BCUT2D eigenvalue weighted by Crippen LogP contribution is 2.15. The van der Waals surface area contributed by atoms with E-state index in [-0.39, 0.29) is 17.0 Å². The van der Waals surface area contributed by atoms with E-state index in [2.05, 4.69) is 10.6 Å². The van der Waals surface area contributed by atoms with Gasteiger partial charge in [0.2, 0.25) is 0 Å². The Labute approximate surface area is 172 Å². The minimum atomic E-state index is -0.751. The second-order valence-corrected chi connectivity index (χ2v) is 6.35. The summed E-state index contributed by atoms with van der Waals surface area (Å²) in [5.74, 6) is -2.18. The molecule has 0 aliphatic carbocycles. The van der Waals surface area contributed by atoms with Gasteiger partial charge in [0.15, 0.2) is 6.61 Å². The number of hydrogen-bond donors (Lipinski definition) is 2. The van der Waals surface area contributed by atoms with E-state index >= 15 is 0 Å². The highest BCUT2D eigenvalue weighted by Gasteiger charge is 2.15. The van der Waals surface area contributed by atoms with Crippen molar-refractivity contribution in [3.05, 3.63) is 101 Å². The predicted octanol–water partition coefficient (Wildman–Crippen LogP) is 3.55. The molecule has 0 aliphatic rings.